The maximum Gasteiger partial charge on any atom is 0.343 e. The van der Waals surface area contributed by atoms with Crippen molar-refractivity contribution < 1.29 is 14.3 Å². The lowest BCUT2D eigenvalue weighted by molar-refractivity contribution is 0.0734. The van der Waals surface area contributed by atoms with Crippen LogP contribution in [0.25, 0.3) is 0 Å². The zero-order chi connectivity index (χ0) is 28.4. The predicted molar refractivity (Wildman–Crippen MR) is 168 cm³/mol. The highest BCUT2D eigenvalue weighted by Gasteiger charge is 2.09. The van der Waals surface area contributed by atoms with E-state index in [2.05, 4.69) is 37.9 Å². The third-order valence-corrected chi connectivity index (χ3v) is 7.38. The summed E-state index contributed by atoms with van der Waals surface area (Å²) in [7, 11) is 0. The second-order valence-corrected chi connectivity index (χ2v) is 10.7. The van der Waals surface area contributed by atoms with Crippen molar-refractivity contribution in [2.45, 2.75) is 97.3 Å². The number of rotatable bonds is 18. The van der Waals surface area contributed by atoms with Crippen LogP contribution >= 0.6 is 0 Å². The predicted octanol–water partition coefficient (Wildman–Crippen LogP) is 10.5. The smallest absolute Gasteiger partial charge is 0.343 e. The lowest BCUT2D eigenvalue weighted by Crippen LogP contribution is -2.08. The molecule has 0 radical (unpaired) electrons. The molecule has 3 aromatic carbocycles. The van der Waals surface area contributed by atoms with Crippen molar-refractivity contribution in [1.29, 1.82) is 0 Å². The van der Waals surface area contributed by atoms with Gasteiger partial charge in [0.15, 0.2) is 0 Å². The van der Waals surface area contributed by atoms with Gasteiger partial charge in [-0.3, -0.25) is 4.99 Å². The average molecular weight is 542 g/mol. The van der Waals surface area contributed by atoms with Gasteiger partial charge in [0.25, 0.3) is 0 Å². The van der Waals surface area contributed by atoms with E-state index in [4.69, 9.17) is 9.47 Å². The molecule has 0 heterocycles. The maximum absolute atomic E-state index is 12.6. The molecule has 0 fully saturated rings. The van der Waals surface area contributed by atoms with Crippen molar-refractivity contribution in [3.05, 3.63) is 89.5 Å². The van der Waals surface area contributed by atoms with E-state index in [9.17, 15) is 4.79 Å². The molecule has 3 aromatic rings. The van der Waals surface area contributed by atoms with Gasteiger partial charge in [0.2, 0.25) is 0 Å². The van der Waals surface area contributed by atoms with E-state index in [1.807, 2.05) is 42.6 Å². The Hall–Kier alpha value is -3.40. The first kappa shape index (κ1) is 31.1. The maximum atomic E-state index is 12.6. The fourth-order valence-corrected chi connectivity index (χ4v) is 4.53. The van der Waals surface area contributed by atoms with Gasteiger partial charge in [0.1, 0.15) is 11.5 Å². The van der Waals surface area contributed by atoms with E-state index in [-0.39, 0.29) is 5.97 Å². The van der Waals surface area contributed by atoms with Crippen LogP contribution in [0.1, 0.15) is 119 Å². The molecule has 0 aliphatic rings. The van der Waals surface area contributed by atoms with Gasteiger partial charge in [0, 0.05) is 6.21 Å². The molecule has 0 saturated heterocycles. The van der Waals surface area contributed by atoms with Crippen LogP contribution in [0, 0.1) is 0 Å². The van der Waals surface area contributed by atoms with Crippen molar-refractivity contribution >= 4 is 17.9 Å². The summed E-state index contributed by atoms with van der Waals surface area (Å²) in [6.07, 6.45) is 16.0. The number of carbonyl (C=O) groups is 1. The molecule has 0 amide bonds. The van der Waals surface area contributed by atoms with Crippen LogP contribution in [0.15, 0.2) is 77.8 Å². The molecular formula is C36H47NO3. The fraction of sp³-hybridized carbons (Fsp3) is 0.444. The zero-order valence-electron chi connectivity index (χ0n) is 24.7. The number of hydrogen-bond donors (Lipinski definition) is 0. The first-order chi connectivity index (χ1) is 19.6. The Bertz CT molecular complexity index is 1130. The number of aliphatic imine (C=N–C) groups is 1. The van der Waals surface area contributed by atoms with E-state index in [0.717, 1.165) is 29.8 Å². The number of ether oxygens (including phenoxy) is 2. The van der Waals surface area contributed by atoms with E-state index in [0.29, 0.717) is 23.8 Å². The standard InChI is InChI=1S/C36H47NO3/c1-4-6-7-8-9-10-11-12-13-14-27-39-34-25-19-32(20-26-34)36(38)40-35-23-15-30(16-24-35)28-37-33-21-17-31(18-22-33)29(3)5-2/h15-26,28-29H,4-14,27H2,1-3H3/t29-/m0/s1. The number of unbranched alkanes of at least 4 members (excludes halogenated alkanes) is 9. The molecular weight excluding hydrogens is 494 g/mol. The van der Waals surface area contributed by atoms with Crippen LogP contribution in [0.3, 0.4) is 0 Å². The number of hydrogen-bond acceptors (Lipinski definition) is 4. The van der Waals surface area contributed by atoms with Crippen LogP contribution in [0.5, 0.6) is 11.5 Å². The van der Waals surface area contributed by atoms with Crippen molar-refractivity contribution in [2.24, 2.45) is 4.99 Å². The summed E-state index contributed by atoms with van der Waals surface area (Å²) >= 11 is 0. The minimum atomic E-state index is -0.385. The quantitative estimate of drug-likeness (QED) is 0.0696. The van der Waals surface area contributed by atoms with Gasteiger partial charge in [0.05, 0.1) is 17.9 Å². The number of nitrogens with zero attached hydrogens (tertiary/aromatic N) is 1. The molecule has 0 saturated carbocycles. The first-order valence-corrected chi connectivity index (χ1v) is 15.3. The van der Waals surface area contributed by atoms with E-state index >= 15 is 0 Å². The zero-order valence-corrected chi connectivity index (χ0v) is 24.7. The van der Waals surface area contributed by atoms with Crippen LogP contribution in [0.4, 0.5) is 5.69 Å². The summed E-state index contributed by atoms with van der Waals surface area (Å²) in [6, 6.07) is 22.9. The molecule has 0 spiro atoms. The largest absolute Gasteiger partial charge is 0.494 e. The summed E-state index contributed by atoms with van der Waals surface area (Å²) in [5.74, 6) is 1.45. The number of esters is 1. The monoisotopic (exact) mass is 541 g/mol. The van der Waals surface area contributed by atoms with Gasteiger partial charge < -0.3 is 9.47 Å². The van der Waals surface area contributed by atoms with Gasteiger partial charge in [-0.15, -0.1) is 0 Å². The van der Waals surface area contributed by atoms with Crippen molar-refractivity contribution in [1.82, 2.24) is 0 Å². The Kier molecular flexibility index (Phi) is 14.0. The molecule has 0 aliphatic carbocycles. The van der Waals surface area contributed by atoms with Crippen LogP contribution in [0.2, 0.25) is 0 Å². The normalized spacial score (nSPS) is 12.0. The highest BCUT2D eigenvalue weighted by atomic mass is 16.5. The fourth-order valence-electron chi connectivity index (χ4n) is 4.53. The van der Waals surface area contributed by atoms with E-state index in [1.165, 1.54) is 63.4 Å². The molecule has 40 heavy (non-hydrogen) atoms. The van der Waals surface area contributed by atoms with Gasteiger partial charge in [-0.2, -0.15) is 0 Å². The molecule has 0 bridgehead atoms. The summed E-state index contributed by atoms with van der Waals surface area (Å²) in [6.45, 7) is 7.40. The summed E-state index contributed by atoms with van der Waals surface area (Å²) in [4.78, 5) is 17.1. The molecule has 4 nitrogen and oxygen atoms in total. The third kappa shape index (κ3) is 11.4. The summed E-state index contributed by atoms with van der Waals surface area (Å²) in [5, 5.41) is 0. The number of benzene rings is 3. The van der Waals surface area contributed by atoms with Gasteiger partial charge in [-0.25, -0.2) is 4.79 Å². The SMILES string of the molecule is CCCCCCCCCCCCOc1ccc(C(=O)Oc2ccc(C=Nc3ccc([C@@H](C)CC)cc3)cc2)cc1. The van der Waals surface area contributed by atoms with Crippen LogP contribution in [-0.2, 0) is 0 Å². The average Bonchev–Trinajstić information content (AvgIpc) is 2.99. The van der Waals surface area contributed by atoms with Crippen molar-refractivity contribution in [2.75, 3.05) is 6.61 Å². The first-order valence-electron chi connectivity index (χ1n) is 15.3. The Balaban J connectivity index is 1.35. The topological polar surface area (TPSA) is 47.9 Å². The summed E-state index contributed by atoms with van der Waals surface area (Å²) < 4.78 is 11.4. The molecule has 3 rings (SSSR count). The molecule has 0 N–H and O–H groups in total. The lowest BCUT2D eigenvalue weighted by atomic mass is 9.99. The number of carbonyl (C=O) groups excluding carboxylic acids is 1. The Morgan fingerprint density at radius 1 is 0.725 bits per heavy atom. The second kappa shape index (κ2) is 18.0. The van der Waals surface area contributed by atoms with E-state index < -0.39 is 0 Å². The molecule has 1 atom stereocenters. The summed E-state index contributed by atoms with van der Waals surface area (Å²) in [5.41, 5.74) is 3.69. The van der Waals surface area contributed by atoms with Gasteiger partial charge in [-0.05, 0) is 90.6 Å². The lowest BCUT2D eigenvalue weighted by Gasteiger charge is -2.08. The van der Waals surface area contributed by atoms with Crippen LogP contribution < -0.4 is 9.47 Å². The highest BCUT2D eigenvalue weighted by molar-refractivity contribution is 5.91. The highest BCUT2D eigenvalue weighted by Crippen LogP contribution is 2.22. The Labute approximate surface area is 241 Å². The minimum Gasteiger partial charge on any atom is -0.494 e. The third-order valence-electron chi connectivity index (χ3n) is 7.38. The second-order valence-electron chi connectivity index (χ2n) is 10.7. The molecule has 0 unspecified atom stereocenters. The molecule has 4 heteroatoms. The van der Waals surface area contributed by atoms with E-state index in [1.54, 1.807) is 24.3 Å². The molecule has 0 aromatic heterocycles. The van der Waals surface area contributed by atoms with Crippen LogP contribution in [-0.4, -0.2) is 18.8 Å². The molecule has 214 valence electrons. The minimum absolute atomic E-state index is 0.385. The Morgan fingerprint density at radius 3 is 1.90 bits per heavy atom. The van der Waals surface area contributed by atoms with Crippen molar-refractivity contribution in [3.8, 4) is 11.5 Å². The van der Waals surface area contributed by atoms with Gasteiger partial charge in [-0.1, -0.05) is 90.7 Å². The molecule has 0 aliphatic heterocycles. The van der Waals surface area contributed by atoms with Crippen molar-refractivity contribution in [3.63, 3.8) is 0 Å². The van der Waals surface area contributed by atoms with Gasteiger partial charge >= 0.3 is 5.97 Å². The Morgan fingerprint density at radius 2 is 1.30 bits per heavy atom.